The topological polar surface area (TPSA) is 52.7 Å². The summed E-state index contributed by atoms with van der Waals surface area (Å²) in [4.78, 5) is 28.1. The quantitative estimate of drug-likeness (QED) is 0.794. The Bertz CT molecular complexity index is 892. The SMILES string of the molecule is O=C1CCCN1Cc1ccc(NC(=O)N2CCC(Cc3cccc(F)c3)CC2)cc1. The van der Waals surface area contributed by atoms with E-state index in [1.54, 1.807) is 12.1 Å². The summed E-state index contributed by atoms with van der Waals surface area (Å²) in [5.41, 5.74) is 2.86. The van der Waals surface area contributed by atoms with Gasteiger partial charge in [0.1, 0.15) is 5.82 Å². The number of urea groups is 1. The number of carbonyl (C=O) groups is 2. The van der Waals surface area contributed by atoms with Gasteiger partial charge in [-0.05, 0) is 67.0 Å². The molecule has 0 aromatic heterocycles. The number of hydrogen-bond acceptors (Lipinski definition) is 2. The first-order valence-corrected chi connectivity index (χ1v) is 10.7. The molecule has 2 aromatic rings. The fraction of sp³-hybridized carbons (Fsp3) is 0.417. The molecule has 2 aliphatic heterocycles. The Morgan fingerprint density at radius 2 is 1.80 bits per heavy atom. The summed E-state index contributed by atoms with van der Waals surface area (Å²) in [5.74, 6) is 0.499. The van der Waals surface area contributed by atoms with Gasteiger partial charge in [-0.15, -0.1) is 0 Å². The fourth-order valence-corrected chi connectivity index (χ4v) is 4.33. The van der Waals surface area contributed by atoms with Crippen LogP contribution in [0.4, 0.5) is 14.9 Å². The molecule has 0 unspecified atom stereocenters. The molecule has 1 N–H and O–H groups in total. The maximum absolute atomic E-state index is 13.4. The highest BCUT2D eigenvalue weighted by Gasteiger charge is 2.23. The van der Waals surface area contributed by atoms with E-state index < -0.39 is 0 Å². The Balaban J connectivity index is 1.24. The van der Waals surface area contributed by atoms with E-state index in [9.17, 15) is 14.0 Å². The average molecular weight is 410 g/mol. The van der Waals surface area contributed by atoms with Gasteiger partial charge >= 0.3 is 6.03 Å². The van der Waals surface area contributed by atoms with Gasteiger partial charge in [0.25, 0.3) is 0 Å². The summed E-state index contributed by atoms with van der Waals surface area (Å²) in [7, 11) is 0. The minimum Gasteiger partial charge on any atom is -0.338 e. The molecule has 2 fully saturated rings. The first kappa shape index (κ1) is 20.4. The van der Waals surface area contributed by atoms with Crippen LogP contribution in [-0.2, 0) is 17.8 Å². The Morgan fingerprint density at radius 1 is 1.03 bits per heavy atom. The standard InChI is InChI=1S/C24H28FN3O2/c25-21-4-1-3-20(16-21)15-18-10-13-27(14-11-18)24(30)26-22-8-6-19(7-9-22)17-28-12-2-5-23(28)29/h1,3-4,6-9,16,18H,2,5,10-15,17H2,(H,26,30). The van der Waals surface area contributed by atoms with E-state index in [4.69, 9.17) is 0 Å². The monoisotopic (exact) mass is 409 g/mol. The molecular formula is C24H28FN3O2. The van der Waals surface area contributed by atoms with Gasteiger partial charge in [-0.25, -0.2) is 9.18 Å². The number of hydrogen-bond donors (Lipinski definition) is 1. The van der Waals surface area contributed by atoms with Crippen molar-refractivity contribution >= 4 is 17.6 Å². The van der Waals surface area contributed by atoms with Crippen molar-refractivity contribution in [2.24, 2.45) is 5.92 Å². The van der Waals surface area contributed by atoms with Crippen LogP contribution in [0.5, 0.6) is 0 Å². The second-order valence-electron chi connectivity index (χ2n) is 8.31. The minimum absolute atomic E-state index is 0.0818. The number of likely N-dealkylation sites (tertiary alicyclic amines) is 2. The van der Waals surface area contributed by atoms with Gasteiger partial charge in [0, 0.05) is 38.3 Å². The summed E-state index contributed by atoms with van der Waals surface area (Å²) in [6.45, 7) is 2.88. The summed E-state index contributed by atoms with van der Waals surface area (Å²) in [6.07, 6.45) is 4.28. The van der Waals surface area contributed by atoms with Crippen molar-refractivity contribution in [2.45, 2.75) is 38.6 Å². The van der Waals surface area contributed by atoms with Gasteiger partial charge in [0.2, 0.25) is 5.91 Å². The molecule has 2 saturated heterocycles. The lowest BCUT2D eigenvalue weighted by Gasteiger charge is -2.32. The second kappa shape index (κ2) is 9.28. The smallest absolute Gasteiger partial charge is 0.321 e. The second-order valence-corrected chi connectivity index (χ2v) is 8.31. The highest BCUT2D eigenvalue weighted by atomic mass is 19.1. The lowest BCUT2D eigenvalue weighted by Crippen LogP contribution is -2.41. The number of carbonyl (C=O) groups excluding carboxylic acids is 2. The maximum atomic E-state index is 13.4. The largest absolute Gasteiger partial charge is 0.338 e. The van der Waals surface area contributed by atoms with Crippen LogP contribution in [0.25, 0.3) is 0 Å². The highest BCUT2D eigenvalue weighted by molar-refractivity contribution is 5.89. The minimum atomic E-state index is -0.192. The first-order valence-electron chi connectivity index (χ1n) is 10.7. The zero-order valence-electron chi connectivity index (χ0n) is 17.1. The van der Waals surface area contributed by atoms with Crippen LogP contribution in [0.1, 0.15) is 36.8 Å². The third-order valence-electron chi connectivity index (χ3n) is 6.07. The number of piperidine rings is 1. The predicted molar refractivity (Wildman–Crippen MR) is 115 cm³/mol. The van der Waals surface area contributed by atoms with Crippen molar-refractivity contribution in [3.63, 3.8) is 0 Å². The number of nitrogens with zero attached hydrogens (tertiary/aromatic N) is 2. The molecule has 0 atom stereocenters. The van der Waals surface area contributed by atoms with E-state index in [-0.39, 0.29) is 17.8 Å². The maximum Gasteiger partial charge on any atom is 0.321 e. The molecular weight excluding hydrogens is 381 g/mol. The van der Waals surface area contributed by atoms with Crippen LogP contribution in [0.2, 0.25) is 0 Å². The number of halogens is 1. The molecule has 5 nitrogen and oxygen atoms in total. The summed E-state index contributed by atoms with van der Waals surface area (Å²) in [5, 5.41) is 2.97. The fourth-order valence-electron chi connectivity index (χ4n) is 4.33. The van der Waals surface area contributed by atoms with E-state index in [0.717, 1.165) is 49.0 Å². The number of anilines is 1. The number of benzene rings is 2. The van der Waals surface area contributed by atoms with Crippen molar-refractivity contribution < 1.29 is 14.0 Å². The van der Waals surface area contributed by atoms with Crippen LogP contribution in [-0.4, -0.2) is 41.4 Å². The van der Waals surface area contributed by atoms with Gasteiger partial charge in [0.05, 0.1) is 0 Å². The zero-order valence-corrected chi connectivity index (χ0v) is 17.1. The lowest BCUT2D eigenvalue weighted by atomic mass is 9.90. The molecule has 6 heteroatoms. The third kappa shape index (κ3) is 5.17. The average Bonchev–Trinajstić information content (AvgIpc) is 3.14. The van der Waals surface area contributed by atoms with Crippen molar-refractivity contribution in [3.05, 3.63) is 65.5 Å². The Labute approximate surface area is 176 Å². The first-order chi connectivity index (χ1) is 14.6. The predicted octanol–water partition coefficient (Wildman–Crippen LogP) is 4.43. The number of amides is 3. The van der Waals surface area contributed by atoms with Crippen molar-refractivity contribution in [2.75, 3.05) is 25.0 Å². The van der Waals surface area contributed by atoms with Gasteiger partial charge in [-0.3, -0.25) is 4.79 Å². The molecule has 30 heavy (non-hydrogen) atoms. The molecule has 3 amide bonds. The molecule has 0 bridgehead atoms. The number of rotatable bonds is 5. The van der Waals surface area contributed by atoms with E-state index >= 15 is 0 Å². The van der Waals surface area contributed by atoms with Gasteiger partial charge in [0.15, 0.2) is 0 Å². The molecule has 0 spiro atoms. The molecule has 0 aliphatic carbocycles. The molecule has 2 aliphatic rings. The van der Waals surface area contributed by atoms with Crippen molar-refractivity contribution in [3.8, 4) is 0 Å². The highest BCUT2D eigenvalue weighted by Crippen LogP contribution is 2.23. The molecule has 2 aromatic carbocycles. The molecule has 0 radical (unpaired) electrons. The number of nitrogens with one attached hydrogen (secondary N) is 1. The van der Waals surface area contributed by atoms with E-state index in [2.05, 4.69) is 5.32 Å². The summed E-state index contributed by atoms with van der Waals surface area (Å²) in [6, 6.07) is 14.4. The van der Waals surface area contributed by atoms with Gasteiger partial charge in [-0.2, -0.15) is 0 Å². The van der Waals surface area contributed by atoms with E-state index in [1.165, 1.54) is 6.07 Å². The van der Waals surface area contributed by atoms with Crippen molar-refractivity contribution in [1.82, 2.24) is 9.80 Å². The summed E-state index contributed by atoms with van der Waals surface area (Å²) < 4.78 is 13.4. The van der Waals surface area contributed by atoms with E-state index in [1.807, 2.05) is 40.1 Å². The molecule has 0 saturated carbocycles. The van der Waals surface area contributed by atoms with Crippen LogP contribution < -0.4 is 5.32 Å². The Kier molecular flexibility index (Phi) is 6.31. The molecule has 4 rings (SSSR count). The Morgan fingerprint density at radius 3 is 2.47 bits per heavy atom. The van der Waals surface area contributed by atoms with Gasteiger partial charge < -0.3 is 15.1 Å². The van der Waals surface area contributed by atoms with Gasteiger partial charge in [-0.1, -0.05) is 24.3 Å². The van der Waals surface area contributed by atoms with Crippen LogP contribution in [0, 0.1) is 11.7 Å². The Hall–Kier alpha value is -2.89. The molecule has 2 heterocycles. The lowest BCUT2D eigenvalue weighted by molar-refractivity contribution is -0.128. The summed E-state index contributed by atoms with van der Waals surface area (Å²) >= 11 is 0. The van der Waals surface area contributed by atoms with Crippen molar-refractivity contribution in [1.29, 1.82) is 0 Å². The van der Waals surface area contributed by atoms with Crippen LogP contribution in [0.15, 0.2) is 48.5 Å². The van der Waals surface area contributed by atoms with E-state index in [0.29, 0.717) is 32.0 Å². The normalized spacial score (nSPS) is 17.4. The van der Waals surface area contributed by atoms with Crippen LogP contribution >= 0.6 is 0 Å². The van der Waals surface area contributed by atoms with Crippen LogP contribution in [0.3, 0.4) is 0 Å². The zero-order chi connectivity index (χ0) is 20.9. The molecule has 158 valence electrons. The third-order valence-corrected chi connectivity index (χ3v) is 6.07.